The number of rotatable bonds is 3. The molecule has 0 unspecified atom stereocenters. The van der Waals surface area contributed by atoms with Crippen molar-refractivity contribution in [3.05, 3.63) is 66.1 Å². The van der Waals surface area contributed by atoms with Crippen LogP contribution in [0.3, 0.4) is 0 Å². The van der Waals surface area contributed by atoms with Crippen LogP contribution in [0.15, 0.2) is 59.7 Å². The monoisotopic (exact) mass is 287 g/mol. The Morgan fingerprint density at radius 2 is 2.15 bits per heavy atom. The molecular formula is C14H10ClN3O2. The fraction of sp³-hybridized carbons (Fsp3) is 0. The van der Waals surface area contributed by atoms with Gasteiger partial charge in [0, 0.05) is 12.4 Å². The Bertz CT molecular complexity index is 734. The van der Waals surface area contributed by atoms with Crippen molar-refractivity contribution in [1.82, 2.24) is 9.55 Å². The largest absolute Gasteiger partial charge is 0.452 e. The number of imidazole rings is 1. The first-order valence-corrected chi connectivity index (χ1v) is 6.25. The zero-order valence-electron chi connectivity index (χ0n) is 10.3. The second-order valence-electron chi connectivity index (χ2n) is 4.05. The van der Waals surface area contributed by atoms with Crippen LogP contribution in [0.4, 0.5) is 5.69 Å². The van der Waals surface area contributed by atoms with E-state index in [4.69, 9.17) is 16.0 Å². The van der Waals surface area contributed by atoms with E-state index in [1.54, 1.807) is 24.8 Å². The van der Waals surface area contributed by atoms with E-state index in [1.165, 1.54) is 12.3 Å². The van der Waals surface area contributed by atoms with Crippen molar-refractivity contribution in [3.8, 4) is 5.69 Å². The molecule has 0 fully saturated rings. The van der Waals surface area contributed by atoms with Gasteiger partial charge in [0.15, 0.2) is 0 Å². The summed E-state index contributed by atoms with van der Waals surface area (Å²) < 4.78 is 6.73. The molecule has 3 aromatic rings. The molecule has 1 N–H and O–H groups in total. The minimum Gasteiger partial charge on any atom is -0.452 e. The molecular weight excluding hydrogens is 278 g/mol. The van der Waals surface area contributed by atoms with Crippen molar-refractivity contribution in [2.24, 2.45) is 0 Å². The zero-order chi connectivity index (χ0) is 13.9. The van der Waals surface area contributed by atoms with Crippen molar-refractivity contribution in [2.45, 2.75) is 0 Å². The molecule has 0 spiro atoms. The lowest BCUT2D eigenvalue weighted by molar-refractivity contribution is 0.102. The van der Waals surface area contributed by atoms with E-state index >= 15 is 0 Å². The molecule has 0 aliphatic rings. The number of nitrogens with one attached hydrogen (secondary N) is 1. The van der Waals surface area contributed by atoms with Gasteiger partial charge in [0.05, 0.1) is 29.5 Å². The Kier molecular flexibility index (Phi) is 3.26. The van der Waals surface area contributed by atoms with Crippen LogP contribution in [0.25, 0.3) is 5.69 Å². The molecule has 3 rings (SSSR count). The van der Waals surface area contributed by atoms with E-state index in [0.29, 0.717) is 11.3 Å². The first-order valence-electron chi connectivity index (χ1n) is 5.87. The van der Waals surface area contributed by atoms with Crippen molar-refractivity contribution in [3.63, 3.8) is 0 Å². The Hall–Kier alpha value is -2.53. The highest BCUT2D eigenvalue weighted by Gasteiger charge is 2.14. The first kappa shape index (κ1) is 12.5. The average Bonchev–Trinajstić information content (AvgIpc) is 3.10. The summed E-state index contributed by atoms with van der Waals surface area (Å²) in [7, 11) is 0. The van der Waals surface area contributed by atoms with Crippen LogP contribution < -0.4 is 5.32 Å². The molecule has 1 amide bonds. The molecule has 5 nitrogen and oxygen atoms in total. The highest BCUT2D eigenvalue weighted by Crippen LogP contribution is 2.22. The Balaban J connectivity index is 1.92. The number of anilines is 1. The van der Waals surface area contributed by atoms with Gasteiger partial charge in [-0.3, -0.25) is 4.79 Å². The van der Waals surface area contributed by atoms with Crippen LogP contribution in [-0.4, -0.2) is 15.5 Å². The Morgan fingerprint density at radius 1 is 1.30 bits per heavy atom. The van der Waals surface area contributed by atoms with Crippen molar-refractivity contribution >= 4 is 23.2 Å². The summed E-state index contributed by atoms with van der Waals surface area (Å²) in [6, 6.07) is 8.94. The van der Waals surface area contributed by atoms with Gasteiger partial charge in [-0.1, -0.05) is 12.1 Å². The summed E-state index contributed by atoms with van der Waals surface area (Å²) in [6.45, 7) is 0. The molecule has 0 saturated heterocycles. The highest BCUT2D eigenvalue weighted by atomic mass is 35.5. The van der Waals surface area contributed by atoms with Crippen LogP contribution in [0.1, 0.15) is 10.4 Å². The van der Waals surface area contributed by atoms with Crippen LogP contribution in [0, 0.1) is 0 Å². The number of amides is 1. The van der Waals surface area contributed by atoms with Gasteiger partial charge in [0.2, 0.25) is 5.22 Å². The number of furan rings is 1. The van der Waals surface area contributed by atoms with Crippen molar-refractivity contribution in [2.75, 3.05) is 5.32 Å². The second-order valence-corrected chi connectivity index (χ2v) is 4.39. The summed E-state index contributed by atoms with van der Waals surface area (Å²) >= 11 is 5.80. The minimum absolute atomic E-state index is 0.0719. The number of halogens is 1. The van der Waals surface area contributed by atoms with Gasteiger partial charge in [-0.15, -0.1) is 0 Å². The van der Waals surface area contributed by atoms with Crippen LogP contribution in [0.5, 0.6) is 0 Å². The number of hydrogen-bond acceptors (Lipinski definition) is 3. The Labute approximate surface area is 119 Å². The number of carbonyl (C=O) groups is 1. The quantitative estimate of drug-likeness (QED) is 0.803. The number of aromatic nitrogens is 2. The van der Waals surface area contributed by atoms with Gasteiger partial charge in [-0.25, -0.2) is 4.98 Å². The van der Waals surface area contributed by atoms with E-state index < -0.39 is 0 Å². The third-order valence-corrected chi connectivity index (χ3v) is 3.09. The SMILES string of the molecule is O=C(Nc1ccccc1-n1ccnc1)c1ccoc1Cl. The van der Waals surface area contributed by atoms with Crippen molar-refractivity contribution < 1.29 is 9.21 Å². The molecule has 0 bridgehead atoms. The van der Waals surface area contributed by atoms with E-state index in [0.717, 1.165) is 5.69 Å². The molecule has 1 aromatic carbocycles. The molecule has 0 radical (unpaired) electrons. The third kappa shape index (κ3) is 2.31. The molecule has 0 aliphatic carbocycles. The molecule has 6 heteroatoms. The third-order valence-electron chi connectivity index (χ3n) is 2.80. The topological polar surface area (TPSA) is 60.1 Å². The van der Waals surface area contributed by atoms with Crippen LogP contribution in [0.2, 0.25) is 5.22 Å². The lowest BCUT2D eigenvalue weighted by atomic mass is 10.2. The number of carbonyl (C=O) groups excluding carboxylic acids is 1. The molecule has 2 heterocycles. The summed E-state index contributed by atoms with van der Waals surface area (Å²) in [4.78, 5) is 16.1. The molecule has 0 aliphatic heterocycles. The standard InChI is InChI=1S/C14H10ClN3O2/c15-13-10(5-8-20-13)14(19)17-11-3-1-2-4-12(11)18-7-6-16-9-18/h1-9H,(H,17,19). The van der Waals surface area contributed by atoms with Crippen molar-refractivity contribution in [1.29, 1.82) is 0 Å². The smallest absolute Gasteiger partial charge is 0.260 e. The van der Waals surface area contributed by atoms with Gasteiger partial charge in [-0.05, 0) is 29.8 Å². The normalized spacial score (nSPS) is 10.4. The number of para-hydroxylation sites is 2. The molecule has 0 saturated carbocycles. The summed E-state index contributed by atoms with van der Waals surface area (Å²) in [5.74, 6) is -0.323. The average molecular weight is 288 g/mol. The number of nitrogens with zero attached hydrogens (tertiary/aromatic N) is 2. The molecule has 20 heavy (non-hydrogen) atoms. The Morgan fingerprint density at radius 3 is 2.85 bits per heavy atom. The number of benzene rings is 1. The van der Waals surface area contributed by atoms with Gasteiger partial charge in [-0.2, -0.15) is 0 Å². The molecule has 100 valence electrons. The number of hydrogen-bond donors (Lipinski definition) is 1. The predicted molar refractivity (Wildman–Crippen MR) is 75.2 cm³/mol. The van der Waals surface area contributed by atoms with Crippen LogP contribution in [-0.2, 0) is 0 Å². The zero-order valence-corrected chi connectivity index (χ0v) is 11.0. The second kappa shape index (κ2) is 5.22. The minimum atomic E-state index is -0.323. The van der Waals surface area contributed by atoms with Gasteiger partial charge in [0.1, 0.15) is 0 Å². The maximum atomic E-state index is 12.1. The maximum absolute atomic E-state index is 12.1. The van der Waals surface area contributed by atoms with Gasteiger partial charge >= 0.3 is 0 Å². The van der Waals surface area contributed by atoms with Crippen LogP contribution >= 0.6 is 11.6 Å². The fourth-order valence-electron chi connectivity index (χ4n) is 1.85. The van der Waals surface area contributed by atoms with E-state index in [1.807, 2.05) is 22.8 Å². The van der Waals surface area contributed by atoms with E-state index in [9.17, 15) is 4.79 Å². The van der Waals surface area contributed by atoms with Gasteiger partial charge < -0.3 is 14.3 Å². The van der Waals surface area contributed by atoms with E-state index in [-0.39, 0.29) is 11.1 Å². The van der Waals surface area contributed by atoms with E-state index in [2.05, 4.69) is 10.3 Å². The lowest BCUT2D eigenvalue weighted by Gasteiger charge is -2.10. The molecule has 0 atom stereocenters. The predicted octanol–water partition coefficient (Wildman–Crippen LogP) is 3.37. The van der Waals surface area contributed by atoms with Gasteiger partial charge in [0.25, 0.3) is 5.91 Å². The first-order chi connectivity index (χ1) is 9.75. The summed E-state index contributed by atoms with van der Waals surface area (Å²) in [6.07, 6.45) is 6.51. The highest BCUT2D eigenvalue weighted by molar-refractivity contribution is 6.32. The summed E-state index contributed by atoms with van der Waals surface area (Å²) in [5.41, 5.74) is 1.78. The lowest BCUT2D eigenvalue weighted by Crippen LogP contribution is -2.13. The fourth-order valence-corrected chi connectivity index (χ4v) is 2.05. The summed E-state index contributed by atoms with van der Waals surface area (Å²) in [5, 5.41) is 2.88. The maximum Gasteiger partial charge on any atom is 0.260 e. The molecule has 2 aromatic heterocycles.